The number of hydrogen-bond acceptors (Lipinski definition) is 0. The van der Waals surface area contributed by atoms with Crippen molar-refractivity contribution in [2.75, 3.05) is 0 Å². The third-order valence-electron chi connectivity index (χ3n) is 2.87. The van der Waals surface area contributed by atoms with Crippen molar-refractivity contribution < 1.29 is 21.0 Å². The summed E-state index contributed by atoms with van der Waals surface area (Å²) in [6.07, 6.45) is 11.8. The summed E-state index contributed by atoms with van der Waals surface area (Å²) in [6.45, 7) is 4.39. The fourth-order valence-corrected chi connectivity index (χ4v) is 8.83. The Morgan fingerprint density at radius 2 is 1.31 bits per heavy atom. The summed E-state index contributed by atoms with van der Waals surface area (Å²) in [5.41, 5.74) is 2.88. The molecule has 2 rings (SSSR count). The van der Waals surface area contributed by atoms with Gasteiger partial charge in [0.1, 0.15) is 0 Å². The Bertz CT molecular complexity index is 374. The van der Waals surface area contributed by atoms with E-state index in [-0.39, 0.29) is 24.8 Å². The molecule has 0 radical (unpaired) electrons. The van der Waals surface area contributed by atoms with Crippen LogP contribution in [0.5, 0.6) is 0 Å². The molecule has 2 aliphatic rings. The second-order valence-electron chi connectivity index (χ2n) is 4.12. The van der Waals surface area contributed by atoms with E-state index in [9.17, 15) is 0 Å². The predicted molar refractivity (Wildman–Crippen MR) is 74.5 cm³/mol. The van der Waals surface area contributed by atoms with Crippen molar-refractivity contribution >= 4 is 29.1 Å². The molecule has 0 N–H and O–H groups in total. The molecule has 88 valence electrons. The molecule has 0 aromatic heterocycles. The first-order valence-corrected chi connectivity index (χ1v) is 11.2. The van der Waals surface area contributed by atoms with Crippen molar-refractivity contribution in [2.45, 2.75) is 26.7 Å². The SMILES string of the molecule is Cl.Cl.[CH2]=[Hf]([C]1=CC(C)=CC1)[C]1=CC(C)=CC1. The molecule has 0 heterocycles. The maximum absolute atomic E-state index is 4.48. The second kappa shape index (κ2) is 6.88. The summed E-state index contributed by atoms with van der Waals surface area (Å²) in [5.74, 6) is 0. The molecule has 0 fully saturated rings. The Kier molecular flexibility index (Phi) is 7.00. The first kappa shape index (κ1) is 16.3. The van der Waals surface area contributed by atoms with Crippen LogP contribution in [0.15, 0.2) is 42.1 Å². The van der Waals surface area contributed by atoms with E-state index < -0.39 is 21.0 Å². The quantitative estimate of drug-likeness (QED) is 0.579. The summed E-state index contributed by atoms with van der Waals surface area (Å²) in [4.78, 5) is 0. The molecule has 0 spiro atoms. The molecule has 3 heteroatoms. The number of rotatable bonds is 2. The second-order valence-corrected chi connectivity index (χ2v) is 12.2. The number of allylic oxidation sites excluding steroid dienone is 8. The van der Waals surface area contributed by atoms with E-state index >= 15 is 0 Å². The van der Waals surface area contributed by atoms with Crippen molar-refractivity contribution in [3.8, 4) is 0 Å². The summed E-state index contributed by atoms with van der Waals surface area (Å²) in [5, 5.41) is 0. The van der Waals surface area contributed by atoms with Crippen LogP contribution in [0.3, 0.4) is 0 Å². The fourth-order valence-electron chi connectivity index (χ4n) is 1.95. The standard InChI is InChI=1S/2C6H7.CH2.2ClH.Hf/c2*1-6-4-2-3-5-6;;;;/h2*4-5H,2H2,1H3;1H2;2*1H;. The van der Waals surface area contributed by atoms with Crippen LogP contribution in [0.25, 0.3) is 0 Å². The van der Waals surface area contributed by atoms with Crippen LogP contribution >= 0.6 is 24.8 Å². The van der Waals surface area contributed by atoms with Gasteiger partial charge < -0.3 is 0 Å². The van der Waals surface area contributed by atoms with Gasteiger partial charge in [0.2, 0.25) is 0 Å². The van der Waals surface area contributed by atoms with Crippen molar-refractivity contribution in [3.63, 3.8) is 0 Å². The molecular formula is C13H18Cl2Hf. The molecule has 0 saturated carbocycles. The molecule has 0 aliphatic heterocycles. The monoisotopic (exact) mass is 424 g/mol. The minimum atomic E-state index is -1.76. The zero-order chi connectivity index (χ0) is 10.1. The Labute approximate surface area is 118 Å². The van der Waals surface area contributed by atoms with Gasteiger partial charge in [0, 0.05) is 0 Å². The van der Waals surface area contributed by atoms with Crippen molar-refractivity contribution in [2.24, 2.45) is 0 Å². The Balaban J connectivity index is 0.00000112. The average Bonchev–Trinajstić information content (AvgIpc) is 2.73. The van der Waals surface area contributed by atoms with Gasteiger partial charge >= 0.3 is 94.0 Å². The number of halogens is 2. The van der Waals surface area contributed by atoms with E-state index in [1.54, 1.807) is 6.66 Å². The minimum absolute atomic E-state index is 0. The van der Waals surface area contributed by atoms with Crippen molar-refractivity contribution in [1.29, 1.82) is 0 Å². The summed E-state index contributed by atoms with van der Waals surface area (Å²) < 4.78 is 7.85. The molecule has 0 amide bonds. The van der Waals surface area contributed by atoms with Crippen LogP contribution < -0.4 is 0 Å². The average molecular weight is 424 g/mol. The van der Waals surface area contributed by atoms with E-state index in [2.05, 4.69) is 42.4 Å². The van der Waals surface area contributed by atoms with Gasteiger partial charge in [-0.25, -0.2) is 0 Å². The molecule has 2 aliphatic carbocycles. The van der Waals surface area contributed by atoms with Crippen molar-refractivity contribution in [3.05, 3.63) is 42.1 Å². The van der Waals surface area contributed by atoms with Crippen LogP contribution in [0.1, 0.15) is 26.7 Å². The molecule has 0 aromatic carbocycles. The summed E-state index contributed by atoms with van der Waals surface area (Å²) in [7, 11) is 0. The molecule has 16 heavy (non-hydrogen) atoms. The molecule has 0 bridgehead atoms. The fraction of sp³-hybridized carbons (Fsp3) is 0.308. The molecule has 0 atom stereocenters. The predicted octanol–water partition coefficient (Wildman–Crippen LogP) is 4.35. The van der Waals surface area contributed by atoms with Crippen LogP contribution in [-0.4, -0.2) is 4.26 Å². The van der Waals surface area contributed by atoms with Gasteiger partial charge in [0.25, 0.3) is 0 Å². The van der Waals surface area contributed by atoms with Crippen molar-refractivity contribution in [1.82, 2.24) is 0 Å². The first-order chi connectivity index (χ1) is 6.66. The van der Waals surface area contributed by atoms with Gasteiger partial charge in [-0.1, -0.05) is 0 Å². The van der Waals surface area contributed by atoms with E-state index in [0.717, 1.165) is 0 Å². The van der Waals surface area contributed by atoms with E-state index in [1.807, 2.05) is 0 Å². The van der Waals surface area contributed by atoms with Crippen LogP contribution in [-0.2, 0) is 21.0 Å². The van der Waals surface area contributed by atoms with Gasteiger partial charge in [0.05, 0.1) is 0 Å². The maximum atomic E-state index is 4.48. The van der Waals surface area contributed by atoms with Gasteiger partial charge in [0.15, 0.2) is 0 Å². The summed E-state index contributed by atoms with van der Waals surface area (Å²) >= 11 is -1.76. The number of hydrogen-bond donors (Lipinski definition) is 0. The molecule has 0 saturated heterocycles. The first-order valence-electron chi connectivity index (χ1n) is 5.11. The van der Waals surface area contributed by atoms with Crippen LogP contribution in [0.2, 0.25) is 0 Å². The molecule has 0 aromatic rings. The molecule has 0 nitrogen and oxygen atoms in total. The zero-order valence-electron chi connectivity index (χ0n) is 9.75. The Morgan fingerprint density at radius 3 is 1.56 bits per heavy atom. The third kappa shape index (κ3) is 3.65. The van der Waals surface area contributed by atoms with Gasteiger partial charge in [-0.3, -0.25) is 0 Å². The van der Waals surface area contributed by atoms with Gasteiger partial charge in [-0.15, -0.1) is 24.8 Å². The topological polar surface area (TPSA) is 0 Å². The molecule has 0 unspecified atom stereocenters. The third-order valence-corrected chi connectivity index (χ3v) is 10.9. The van der Waals surface area contributed by atoms with E-state index in [0.29, 0.717) is 0 Å². The Hall–Kier alpha value is 0.280. The van der Waals surface area contributed by atoms with Crippen LogP contribution in [0.4, 0.5) is 0 Å². The van der Waals surface area contributed by atoms with Crippen LogP contribution in [0, 0.1) is 0 Å². The van der Waals surface area contributed by atoms with E-state index in [4.69, 9.17) is 0 Å². The van der Waals surface area contributed by atoms with Gasteiger partial charge in [-0.05, 0) is 0 Å². The Morgan fingerprint density at radius 1 is 0.938 bits per heavy atom. The van der Waals surface area contributed by atoms with E-state index in [1.165, 1.54) is 24.0 Å². The summed E-state index contributed by atoms with van der Waals surface area (Å²) in [6, 6.07) is 0. The zero-order valence-corrected chi connectivity index (χ0v) is 15.0. The normalized spacial score (nSPS) is 17.6. The van der Waals surface area contributed by atoms with Gasteiger partial charge in [-0.2, -0.15) is 0 Å². The molecular weight excluding hydrogens is 406 g/mol.